The Morgan fingerprint density at radius 2 is 1.44 bits per heavy atom. The highest BCUT2D eigenvalue weighted by Gasteiger charge is 2.29. The summed E-state index contributed by atoms with van der Waals surface area (Å²) in [5.74, 6) is 1.06. The number of hydrogen-bond donors (Lipinski definition) is 0. The molecule has 0 unspecified atom stereocenters. The van der Waals surface area contributed by atoms with Gasteiger partial charge >= 0.3 is 0 Å². The van der Waals surface area contributed by atoms with Crippen molar-refractivity contribution < 1.29 is 0 Å². The van der Waals surface area contributed by atoms with Crippen LogP contribution in [0.3, 0.4) is 0 Å². The lowest BCUT2D eigenvalue weighted by Gasteiger charge is -2.42. The molecule has 0 aromatic heterocycles. The first-order valence-electron chi connectivity index (χ1n) is 8.04. The van der Waals surface area contributed by atoms with Crippen molar-refractivity contribution in [2.24, 2.45) is 5.92 Å². The summed E-state index contributed by atoms with van der Waals surface area (Å²) in [5.41, 5.74) is 0. The van der Waals surface area contributed by atoms with Crippen molar-refractivity contribution in [3.8, 4) is 0 Å². The first kappa shape index (κ1) is 12.9. The van der Waals surface area contributed by atoms with Gasteiger partial charge < -0.3 is 9.80 Å². The molecule has 0 spiro atoms. The van der Waals surface area contributed by atoms with E-state index < -0.39 is 0 Å². The number of piperazine rings is 1. The minimum absolute atomic E-state index is 0.885. The molecule has 1 saturated carbocycles. The van der Waals surface area contributed by atoms with Gasteiger partial charge in [-0.3, -0.25) is 4.90 Å². The van der Waals surface area contributed by atoms with E-state index >= 15 is 0 Å². The predicted octanol–water partition coefficient (Wildman–Crippen LogP) is 1.50. The van der Waals surface area contributed by atoms with Gasteiger partial charge in [-0.1, -0.05) is 6.92 Å². The number of rotatable bonds is 4. The molecule has 0 aromatic carbocycles. The second-order valence-electron chi connectivity index (χ2n) is 6.45. The topological polar surface area (TPSA) is 9.72 Å². The summed E-state index contributed by atoms with van der Waals surface area (Å²) < 4.78 is 0. The van der Waals surface area contributed by atoms with Crippen molar-refractivity contribution in [2.45, 2.75) is 38.6 Å². The third-order valence-corrected chi connectivity index (χ3v) is 5.14. The van der Waals surface area contributed by atoms with Crippen LogP contribution in [0.1, 0.15) is 32.6 Å². The van der Waals surface area contributed by atoms with Gasteiger partial charge in [-0.15, -0.1) is 0 Å². The Morgan fingerprint density at radius 3 is 2.00 bits per heavy atom. The van der Waals surface area contributed by atoms with Gasteiger partial charge in [0.05, 0.1) is 0 Å². The van der Waals surface area contributed by atoms with E-state index in [2.05, 4.69) is 21.6 Å². The zero-order valence-electron chi connectivity index (χ0n) is 12.0. The lowest BCUT2D eigenvalue weighted by Crippen LogP contribution is -2.53. The van der Waals surface area contributed by atoms with Crippen LogP contribution in [0.5, 0.6) is 0 Å². The molecule has 104 valence electrons. The Labute approximate surface area is 112 Å². The van der Waals surface area contributed by atoms with Crippen LogP contribution in [0.4, 0.5) is 0 Å². The maximum atomic E-state index is 2.77. The molecule has 3 nitrogen and oxygen atoms in total. The van der Waals surface area contributed by atoms with Crippen molar-refractivity contribution in [3.05, 3.63) is 0 Å². The normalized spacial score (nSPS) is 29.8. The zero-order valence-corrected chi connectivity index (χ0v) is 12.0. The average molecular weight is 251 g/mol. The third kappa shape index (κ3) is 3.25. The molecule has 2 heterocycles. The van der Waals surface area contributed by atoms with E-state index in [1.807, 2.05) is 0 Å². The fourth-order valence-corrected chi connectivity index (χ4v) is 3.58. The van der Waals surface area contributed by atoms with Crippen molar-refractivity contribution in [1.82, 2.24) is 14.7 Å². The second kappa shape index (κ2) is 5.89. The molecule has 0 bridgehead atoms. The van der Waals surface area contributed by atoms with E-state index in [1.54, 1.807) is 0 Å². The van der Waals surface area contributed by atoms with Crippen LogP contribution >= 0.6 is 0 Å². The number of hydrogen-bond acceptors (Lipinski definition) is 3. The minimum Gasteiger partial charge on any atom is -0.303 e. The van der Waals surface area contributed by atoms with Crippen LogP contribution in [0.15, 0.2) is 0 Å². The average Bonchev–Trinajstić information content (AvgIpc) is 3.24. The van der Waals surface area contributed by atoms with Crippen molar-refractivity contribution in [2.75, 3.05) is 52.4 Å². The first-order valence-corrected chi connectivity index (χ1v) is 8.04. The molecular weight excluding hydrogens is 222 g/mol. The van der Waals surface area contributed by atoms with Crippen LogP contribution in [-0.2, 0) is 0 Å². The number of likely N-dealkylation sites (tertiary alicyclic amines) is 1. The Hall–Kier alpha value is -0.120. The van der Waals surface area contributed by atoms with Crippen LogP contribution in [0.25, 0.3) is 0 Å². The SMILES string of the molecule is CCN1CCC(N2CCN(CC3CC3)CC2)CC1. The minimum atomic E-state index is 0.885. The predicted molar refractivity (Wildman–Crippen MR) is 75.9 cm³/mol. The highest BCUT2D eigenvalue weighted by molar-refractivity contribution is 4.85. The molecule has 0 radical (unpaired) electrons. The molecule has 1 aliphatic carbocycles. The summed E-state index contributed by atoms with van der Waals surface area (Å²) in [6.45, 7) is 12.9. The number of piperidine rings is 1. The van der Waals surface area contributed by atoms with Gasteiger partial charge in [-0.2, -0.15) is 0 Å². The molecule has 0 amide bonds. The van der Waals surface area contributed by atoms with E-state index in [-0.39, 0.29) is 0 Å². The Kier molecular flexibility index (Phi) is 4.22. The van der Waals surface area contributed by atoms with Gasteiger partial charge in [0.15, 0.2) is 0 Å². The van der Waals surface area contributed by atoms with Gasteiger partial charge in [0.25, 0.3) is 0 Å². The molecule has 3 aliphatic rings. The van der Waals surface area contributed by atoms with Gasteiger partial charge in [0, 0.05) is 38.8 Å². The van der Waals surface area contributed by atoms with Crippen molar-refractivity contribution >= 4 is 0 Å². The van der Waals surface area contributed by atoms with Gasteiger partial charge in [-0.25, -0.2) is 0 Å². The quantitative estimate of drug-likeness (QED) is 0.750. The molecule has 2 aliphatic heterocycles. The summed E-state index contributed by atoms with van der Waals surface area (Å²) in [4.78, 5) is 8.07. The molecule has 0 N–H and O–H groups in total. The van der Waals surface area contributed by atoms with E-state index in [1.165, 1.54) is 78.0 Å². The Bertz CT molecular complexity index is 248. The Morgan fingerprint density at radius 1 is 0.778 bits per heavy atom. The summed E-state index contributed by atoms with van der Waals surface area (Å²) in [6.07, 6.45) is 5.79. The zero-order chi connectivity index (χ0) is 12.4. The summed E-state index contributed by atoms with van der Waals surface area (Å²) in [5, 5.41) is 0. The van der Waals surface area contributed by atoms with Crippen molar-refractivity contribution in [1.29, 1.82) is 0 Å². The molecule has 3 rings (SSSR count). The van der Waals surface area contributed by atoms with Crippen molar-refractivity contribution in [3.63, 3.8) is 0 Å². The summed E-state index contributed by atoms with van der Waals surface area (Å²) in [7, 11) is 0. The van der Waals surface area contributed by atoms with E-state index in [9.17, 15) is 0 Å². The first-order chi connectivity index (χ1) is 8.85. The molecule has 2 saturated heterocycles. The van der Waals surface area contributed by atoms with Crippen LogP contribution in [0.2, 0.25) is 0 Å². The molecule has 3 fully saturated rings. The van der Waals surface area contributed by atoms with Crippen LogP contribution in [0, 0.1) is 5.92 Å². The van der Waals surface area contributed by atoms with E-state index in [0.29, 0.717) is 0 Å². The maximum Gasteiger partial charge on any atom is 0.0121 e. The van der Waals surface area contributed by atoms with Crippen LogP contribution in [-0.4, -0.2) is 73.1 Å². The highest BCUT2D eigenvalue weighted by atomic mass is 15.3. The van der Waals surface area contributed by atoms with Crippen LogP contribution < -0.4 is 0 Å². The maximum absolute atomic E-state index is 2.77. The summed E-state index contributed by atoms with van der Waals surface area (Å²) in [6, 6.07) is 0.885. The standard InChI is InChI=1S/C15H29N3/c1-2-16-7-5-15(6-8-16)18-11-9-17(10-12-18)13-14-3-4-14/h14-15H,2-13H2,1H3. The summed E-state index contributed by atoms with van der Waals surface area (Å²) >= 11 is 0. The van der Waals surface area contributed by atoms with Gasteiger partial charge in [0.1, 0.15) is 0 Å². The molecule has 0 aromatic rings. The molecular formula is C15H29N3. The van der Waals surface area contributed by atoms with Gasteiger partial charge in [0.2, 0.25) is 0 Å². The second-order valence-corrected chi connectivity index (χ2v) is 6.45. The monoisotopic (exact) mass is 251 g/mol. The molecule has 3 heteroatoms. The molecule has 0 atom stereocenters. The van der Waals surface area contributed by atoms with E-state index in [0.717, 1.165) is 12.0 Å². The smallest absolute Gasteiger partial charge is 0.0121 e. The highest BCUT2D eigenvalue weighted by Crippen LogP contribution is 2.30. The lowest BCUT2D eigenvalue weighted by atomic mass is 10.0. The Balaban J connectivity index is 1.39. The fraction of sp³-hybridized carbons (Fsp3) is 1.00. The third-order valence-electron chi connectivity index (χ3n) is 5.14. The van der Waals surface area contributed by atoms with Gasteiger partial charge in [-0.05, 0) is 51.2 Å². The van der Waals surface area contributed by atoms with E-state index in [4.69, 9.17) is 0 Å². The molecule has 18 heavy (non-hydrogen) atoms. The largest absolute Gasteiger partial charge is 0.303 e. The fourth-order valence-electron chi connectivity index (χ4n) is 3.58. The number of nitrogens with zero attached hydrogens (tertiary/aromatic N) is 3. The lowest BCUT2D eigenvalue weighted by molar-refractivity contribution is 0.0589.